The van der Waals surface area contributed by atoms with Crippen LogP contribution in [-0.4, -0.2) is 44.1 Å². The van der Waals surface area contributed by atoms with Gasteiger partial charge < -0.3 is 0 Å². The van der Waals surface area contributed by atoms with E-state index >= 15 is 0 Å². The fraction of sp³-hybridized carbons (Fsp3) is 0.261. The summed E-state index contributed by atoms with van der Waals surface area (Å²) in [5.41, 5.74) is 6.71. The highest BCUT2D eigenvalue weighted by molar-refractivity contribution is 5.90. The van der Waals surface area contributed by atoms with Crippen LogP contribution in [-0.2, 0) is 17.9 Å². The molecule has 1 amide bonds. The topological polar surface area (TPSA) is 83.3 Å². The number of aromatic nitrogens is 3. The molecule has 0 radical (unpaired) electrons. The van der Waals surface area contributed by atoms with Crippen LogP contribution in [0, 0.1) is 0 Å². The van der Waals surface area contributed by atoms with Gasteiger partial charge in [0.2, 0.25) is 0 Å². The summed E-state index contributed by atoms with van der Waals surface area (Å²) in [5.74, 6) is -0.562. The van der Waals surface area contributed by atoms with Gasteiger partial charge >= 0.3 is 0 Å². The van der Waals surface area contributed by atoms with E-state index in [1.54, 1.807) is 16.2 Å². The van der Waals surface area contributed by atoms with Crippen molar-refractivity contribution >= 4 is 12.0 Å². The molecule has 2 N–H and O–H groups in total. The zero-order valence-electron chi connectivity index (χ0n) is 16.7. The highest BCUT2D eigenvalue weighted by Crippen LogP contribution is 2.19. The van der Waals surface area contributed by atoms with E-state index in [-0.39, 0.29) is 0 Å². The Balaban J connectivity index is 1.40. The lowest BCUT2D eigenvalue weighted by atomic mass is 10.1. The van der Waals surface area contributed by atoms with E-state index in [1.807, 2.05) is 30.5 Å². The normalized spacial score (nSPS) is 14.4. The zero-order valence-corrected chi connectivity index (χ0v) is 16.7. The summed E-state index contributed by atoms with van der Waals surface area (Å²) in [7, 11) is 0. The van der Waals surface area contributed by atoms with Crippen molar-refractivity contribution in [3.8, 4) is 11.3 Å². The molecule has 0 atom stereocenters. The summed E-state index contributed by atoms with van der Waals surface area (Å²) >= 11 is 0. The van der Waals surface area contributed by atoms with Gasteiger partial charge in [0, 0.05) is 18.2 Å². The number of carbonyl (C=O) groups is 1. The van der Waals surface area contributed by atoms with Crippen LogP contribution in [0.15, 0.2) is 60.8 Å². The third kappa shape index (κ3) is 5.20. The number of amides is 1. The van der Waals surface area contributed by atoms with Crippen LogP contribution < -0.4 is 5.48 Å². The first-order chi connectivity index (χ1) is 14.7. The van der Waals surface area contributed by atoms with Gasteiger partial charge in [-0.05, 0) is 54.8 Å². The number of nitrogens with one attached hydrogen (secondary N) is 1. The maximum Gasteiger partial charge on any atom is 0.267 e. The lowest BCUT2D eigenvalue weighted by Gasteiger charge is -2.14. The quantitative estimate of drug-likeness (QED) is 0.360. The molecule has 1 aliphatic rings. The second-order valence-electron chi connectivity index (χ2n) is 7.54. The van der Waals surface area contributed by atoms with Crippen molar-refractivity contribution in [2.75, 3.05) is 13.1 Å². The first-order valence-electron chi connectivity index (χ1n) is 10.1. The molecular weight excluding hydrogens is 378 g/mol. The second kappa shape index (κ2) is 9.47. The van der Waals surface area contributed by atoms with E-state index in [0.29, 0.717) is 6.54 Å². The molecule has 0 unspecified atom stereocenters. The van der Waals surface area contributed by atoms with Gasteiger partial charge in [-0.25, -0.2) is 10.2 Å². The Morgan fingerprint density at radius 1 is 1.07 bits per heavy atom. The largest absolute Gasteiger partial charge is 0.299 e. The highest BCUT2D eigenvalue weighted by atomic mass is 16.5. The molecule has 7 nitrogen and oxygen atoms in total. The van der Waals surface area contributed by atoms with Crippen molar-refractivity contribution in [3.05, 3.63) is 77.5 Å². The van der Waals surface area contributed by atoms with Gasteiger partial charge in [0.15, 0.2) is 0 Å². The molecule has 30 heavy (non-hydrogen) atoms. The van der Waals surface area contributed by atoms with Gasteiger partial charge in [-0.3, -0.25) is 14.9 Å². The molecule has 1 aliphatic heterocycles. The third-order valence-electron chi connectivity index (χ3n) is 5.23. The minimum absolute atomic E-state index is 0.562. The number of likely N-dealkylation sites (tertiary alicyclic amines) is 1. The van der Waals surface area contributed by atoms with E-state index in [0.717, 1.165) is 28.9 Å². The molecule has 1 fully saturated rings. The minimum Gasteiger partial charge on any atom is -0.299 e. The molecule has 4 rings (SSSR count). The Kier molecular flexibility index (Phi) is 6.32. The van der Waals surface area contributed by atoms with Crippen LogP contribution in [0.3, 0.4) is 0 Å². The van der Waals surface area contributed by atoms with Crippen molar-refractivity contribution < 1.29 is 10.0 Å². The van der Waals surface area contributed by atoms with Crippen molar-refractivity contribution in [1.29, 1.82) is 0 Å². The predicted octanol–water partition coefficient (Wildman–Crippen LogP) is 3.11. The van der Waals surface area contributed by atoms with E-state index in [2.05, 4.69) is 39.5 Å². The number of carbonyl (C=O) groups excluding carboxylic acids is 1. The maximum absolute atomic E-state index is 11.1. The predicted molar refractivity (Wildman–Crippen MR) is 114 cm³/mol. The molecule has 0 spiro atoms. The summed E-state index contributed by atoms with van der Waals surface area (Å²) in [5, 5.41) is 17.1. The van der Waals surface area contributed by atoms with Gasteiger partial charge in [-0.15, -0.1) is 5.10 Å². The van der Waals surface area contributed by atoms with Gasteiger partial charge in [0.05, 0.1) is 12.7 Å². The average Bonchev–Trinajstić information content (AvgIpc) is 3.45. The van der Waals surface area contributed by atoms with Crippen LogP contribution in [0.25, 0.3) is 17.3 Å². The summed E-state index contributed by atoms with van der Waals surface area (Å²) in [6.45, 7) is 3.98. The smallest absolute Gasteiger partial charge is 0.267 e. The fourth-order valence-electron chi connectivity index (χ4n) is 3.68. The molecule has 0 bridgehead atoms. The van der Waals surface area contributed by atoms with Crippen LogP contribution >= 0.6 is 0 Å². The number of rotatable bonds is 7. The van der Waals surface area contributed by atoms with Crippen molar-refractivity contribution in [1.82, 2.24) is 25.4 Å². The molecule has 7 heteroatoms. The summed E-state index contributed by atoms with van der Waals surface area (Å²) in [6.07, 6.45) is 7.47. The second-order valence-corrected chi connectivity index (χ2v) is 7.54. The lowest BCUT2D eigenvalue weighted by molar-refractivity contribution is -0.124. The van der Waals surface area contributed by atoms with E-state index < -0.39 is 5.91 Å². The minimum atomic E-state index is -0.562. The SMILES string of the molecule is O=C(/C=C/c1cccc(Cn2cc(-c3ccc(CN4CCCC4)cc3)nn2)c1)NO. The van der Waals surface area contributed by atoms with E-state index in [1.165, 1.54) is 37.6 Å². The molecule has 1 aromatic heterocycles. The first-order valence-corrected chi connectivity index (χ1v) is 10.1. The number of benzene rings is 2. The highest BCUT2D eigenvalue weighted by Gasteiger charge is 2.12. The molecule has 2 heterocycles. The number of nitrogens with zero attached hydrogens (tertiary/aromatic N) is 4. The zero-order chi connectivity index (χ0) is 20.8. The van der Waals surface area contributed by atoms with Gasteiger partial charge in [-0.1, -0.05) is 47.7 Å². The molecule has 3 aromatic rings. The molecule has 0 saturated carbocycles. The summed E-state index contributed by atoms with van der Waals surface area (Å²) in [4.78, 5) is 13.6. The summed E-state index contributed by atoms with van der Waals surface area (Å²) < 4.78 is 1.80. The van der Waals surface area contributed by atoms with Crippen molar-refractivity contribution in [2.45, 2.75) is 25.9 Å². The van der Waals surface area contributed by atoms with Crippen molar-refractivity contribution in [2.24, 2.45) is 0 Å². The molecule has 154 valence electrons. The molecular formula is C23H25N5O2. The molecule has 2 aromatic carbocycles. The standard InChI is InChI=1S/C23H25N5O2/c29-23(25-30)11-8-18-4-3-5-20(14-18)16-28-17-22(24-26-28)21-9-6-19(7-10-21)15-27-12-1-2-13-27/h3-11,14,17,30H,1-2,12-13,15-16H2,(H,25,29)/b11-8+. The molecule has 1 saturated heterocycles. The fourth-order valence-corrected chi connectivity index (χ4v) is 3.68. The van der Waals surface area contributed by atoms with Gasteiger partial charge in [0.25, 0.3) is 5.91 Å². The first kappa shape index (κ1) is 20.0. The average molecular weight is 403 g/mol. The summed E-state index contributed by atoms with van der Waals surface area (Å²) in [6, 6.07) is 16.3. The maximum atomic E-state index is 11.1. The molecule has 0 aliphatic carbocycles. The number of hydrogen-bond donors (Lipinski definition) is 2. The van der Waals surface area contributed by atoms with E-state index in [4.69, 9.17) is 5.21 Å². The monoisotopic (exact) mass is 403 g/mol. The Hall–Kier alpha value is -3.29. The van der Waals surface area contributed by atoms with Crippen LogP contribution in [0.2, 0.25) is 0 Å². The Labute approximate surface area is 175 Å². The van der Waals surface area contributed by atoms with Crippen molar-refractivity contribution in [3.63, 3.8) is 0 Å². The Bertz CT molecular complexity index is 1020. The lowest BCUT2D eigenvalue weighted by Crippen LogP contribution is -2.18. The third-order valence-corrected chi connectivity index (χ3v) is 5.23. The number of hydrogen-bond acceptors (Lipinski definition) is 5. The Morgan fingerprint density at radius 2 is 1.87 bits per heavy atom. The number of hydroxylamine groups is 1. The Morgan fingerprint density at radius 3 is 2.63 bits per heavy atom. The van der Waals surface area contributed by atoms with Crippen LogP contribution in [0.4, 0.5) is 0 Å². The van der Waals surface area contributed by atoms with Crippen LogP contribution in [0.1, 0.15) is 29.5 Å². The van der Waals surface area contributed by atoms with Gasteiger partial charge in [0.1, 0.15) is 5.69 Å². The van der Waals surface area contributed by atoms with E-state index in [9.17, 15) is 4.79 Å². The van der Waals surface area contributed by atoms with Crippen LogP contribution in [0.5, 0.6) is 0 Å². The van der Waals surface area contributed by atoms with Gasteiger partial charge in [-0.2, -0.15) is 0 Å².